The molecule has 3 heterocycles. The van der Waals surface area contributed by atoms with Gasteiger partial charge in [0.05, 0.1) is 37.6 Å². The Balaban J connectivity index is 1.09. The van der Waals surface area contributed by atoms with Gasteiger partial charge in [0, 0.05) is 50.9 Å². The molecule has 0 unspecified atom stereocenters. The van der Waals surface area contributed by atoms with Crippen LogP contribution in [0.15, 0.2) is 60.7 Å². The van der Waals surface area contributed by atoms with Crippen LogP contribution in [-0.2, 0) is 11.3 Å². The van der Waals surface area contributed by atoms with Gasteiger partial charge in [-0.25, -0.2) is 0 Å². The smallest absolute Gasteiger partial charge is 0.263 e. The second kappa shape index (κ2) is 12.0. The normalized spacial score (nSPS) is 17.4. The van der Waals surface area contributed by atoms with Crippen LogP contribution in [0.25, 0.3) is 0 Å². The molecule has 2 fully saturated rings. The third-order valence-corrected chi connectivity index (χ3v) is 9.00. The maximum Gasteiger partial charge on any atom is 0.263 e. The van der Waals surface area contributed by atoms with Gasteiger partial charge in [-0.15, -0.1) is 0 Å². The second-order valence-electron chi connectivity index (χ2n) is 11.4. The van der Waals surface area contributed by atoms with Crippen molar-refractivity contribution in [2.75, 3.05) is 63.3 Å². The fraction of sp³-hybridized carbons (Fsp3) is 0.382. The average Bonchev–Trinajstić information content (AvgIpc) is 3.29. The van der Waals surface area contributed by atoms with Crippen LogP contribution in [0.5, 0.6) is 11.5 Å². The van der Waals surface area contributed by atoms with Crippen LogP contribution in [0, 0.1) is 12.8 Å². The summed E-state index contributed by atoms with van der Waals surface area (Å²) < 4.78 is 10.7. The Bertz CT molecular complexity index is 1540. The van der Waals surface area contributed by atoms with Crippen LogP contribution in [0.1, 0.15) is 44.7 Å². The number of anilines is 2. The van der Waals surface area contributed by atoms with E-state index in [1.807, 2.05) is 23.1 Å². The SMILES string of the molecule is COc1ccc(CN2C(=O)c3cccc(N4CCC(C(=O)N5CCN(c6ccccc6C)CC5)CC4)c3C2=O)cc1OC. The van der Waals surface area contributed by atoms with Crippen molar-refractivity contribution in [1.82, 2.24) is 9.80 Å². The predicted octanol–water partition coefficient (Wildman–Crippen LogP) is 4.37. The number of ether oxygens (including phenoxy) is 2. The molecule has 43 heavy (non-hydrogen) atoms. The van der Waals surface area contributed by atoms with Crippen molar-refractivity contribution in [1.29, 1.82) is 0 Å². The van der Waals surface area contributed by atoms with Crippen LogP contribution in [0.2, 0.25) is 0 Å². The number of piperazine rings is 1. The van der Waals surface area contributed by atoms with Gasteiger partial charge in [-0.3, -0.25) is 19.3 Å². The maximum absolute atomic E-state index is 13.6. The molecule has 3 amide bonds. The van der Waals surface area contributed by atoms with Gasteiger partial charge >= 0.3 is 0 Å². The topological polar surface area (TPSA) is 82.6 Å². The first-order chi connectivity index (χ1) is 20.9. The molecule has 0 aromatic heterocycles. The number of para-hydroxylation sites is 1. The molecule has 0 atom stereocenters. The molecule has 0 bridgehead atoms. The summed E-state index contributed by atoms with van der Waals surface area (Å²) in [4.78, 5) is 48.3. The van der Waals surface area contributed by atoms with E-state index >= 15 is 0 Å². The Kier molecular flexibility index (Phi) is 7.97. The molecule has 0 saturated carbocycles. The molecule has 224 valence electrons. The average molecular weight is 583 g/mol. The zero-order valence-electron chi connectivity index (χ0n) is 25.0. The summed E-state index contributed by atoms with van der Waals surface area (Å²) in [6.45, 7) is 6.71. The minimum absolute atomic E-state index is 0.0306. The summed E-state index contributed by atoms with van der Waals surface area (Å²) in [5, 5.41) is 0. The first-order valence-electron chi connectivity index (χ1n) is 14.9. The highest BCUT2D eigenvalue weighted by Gasteiger charge is 2.39. The number of piperidine rings is 1. The number of benzene rings is 3. The van der Waals surface area contributed by atoms with Gasteiger partial charge in [0.15, 0.2) is 11.5 Å². The van der Waals surface area contributed by atoms with Crippen LogP contribution in [0.3, 0.4) is 0 Å². The van der Waals surface area contributed by atoms with Crippen molar-refractivity contribution in [3.8, 4) is 11.5 Å². The van der Waals surface area contributed by atoms with E-state index in [9.17, 15) is 14.4 Å². The van der Waals surface area contributed by atoms with Crippen LogP contribution < -0.4 is 19.3 Å². The van der Waals surface area contributed by atoms with Crippen molar-refractivity contribution < 1.29 is 23.9 Å². The van der Waals surface area contributed by atoms with E-state index in [0.29, 0.717) is 35.7 Å². The third-order valence-electron chi connectivity index (χ3n) is 9.00. The highest BCUT2D eigenvalue weighted by atomic mass is 16.5. The minimum Gasteiger partial charge on any atom is -0.493 e. The Morgan fingerprint density at radius 2 is 1.44 bits per heavy atom. The molecular weight excluding hydrogens is 544 g/mol. The molecule has 3 aromatic rings. The Labute approximate surface area is 252 Å². The number of imide groups is 1. The summed E-state index contributed by atoms with van der Waals surface area (Å²) in [5.41, 5.74) is 4.91. The van der Waals surface area contributed by atoms with Crippen molar-refractivity contribution in [3.05, 3.63) is 82.9 Å². The molecule has 9 heteroatoms. The quantitative estimate of drug-likeness (QED) is 0.383. The number of nitrogens with zero attached hydrogens (tertiary/aromatic N) is 4. The molecule has 9 nitrogen and oxygen atoms in total. The Hall–Kier alpha value is -4.53. The first kappa shape index (κ1) is 28.6. The number of rotatable bonds is 7. The summed E-state index contributed by atoms with van der Waals surface area (Å²) in [7, 11) is 3.12. The van der Waals surface area contributed by atoms with Crippen molar-refractivity contribution in [3.63, 3.8) is 0 Å². The van der Waals surface area contributed by atoms with Gasteiger partial charge in [-0.1, -0.05) is 30.3 Å². The number of carbonyl (C=O) groups excluding carboxylic acids is 3. The van der Waals surface area contributed by atoms with Gasteiger partial charge in [0.25, 0.3) is 11.8 Å². The molecule has 2 saturated heterocycles. The summed E-state index contributed by atoms with van der Waals surface area (Å²) >= 11 is 0. The molecular formula is C34H38N4O5. The number of hydrogen-bond acceptors (Lipinski definition) is 7. The van der Waals surface area contributed by atoms with E-state index in [1.54, 1.807) is 32.4 Å². The van der Waals surface area contributed by atoms with Crippen LogP contribution in [0.4, 0.5) is 11.4 Å². The zero-order chi connectivity index (χ0) is 30.1. The van der Waals surface area contributed by atoms with Crippen molar-refractivity contribution in [2.45, 2.75) is 26.3 Å². The fourth-order valence-electron chi connectivity index (χ4n) is 6.60. The van der Waals surface area contributed by atoms with Gasteiger partial charge in [0.2, 0.25) is 5.91 Å². The summed E-state index contributed by atoms with van der Waals surface area (Å²) in [6, 6.07) is 19.3. The predicted molar refractivity (Wildman–Crippen MR) is 165 cm³/mol. The summed E-state index contributed by atoms with van der Waals surface area (Å²) in [6.07, 6.45) is 1.44. The molecule has 3 aromatic carbocycles. The standard InChI is InChI=1S/C34H38N4O5/c1-23-7-4-5-9-27(23)36-17-19-37(20-18-36)32(39)25-13-15-35(16-14-25)28-10-6-8-26-31(28)34(41)38(33(26)40)22-24-11-12-29(42-2)30(21-24)43-3/h4-12,21,25H,13-20,22H2,1-3H3. The lowest BCUT2D eigenvalue weighted by molar-refractivity contribution is -0.136. The van der Waals surface area contributed by atoms with Crippen LogP contribution in [-0.4, -0.2) is 81.0 Å². The molecule has 3 aliphatic rings. The molecule has 0 aliphatic carbocycles. The lowest BCUT2D eigenvalue weighted by Crippen LogP contribution is -2.52. The highest BCUT2D eigenvalue weighted by molar-refractivity contribution is 6.23. The fourth-order valence-corrected chi connectivity index (χ4v) is 6.60. The molecule has 0 spiro atoms. The first-order valence-corrected chi connectivity index (χ1v) is 14.9. The maximum atomic E-state index is 13.6. The van der Waals surface area contributed by atoms with Crippen molar-refractivity contribution in [2.24, 2.45) is 5.92 Å². The van der Waals surface area contributed by atoms with E-state index in [0.717, 1.165) is 50.3 Å². The number of fused-ring (bicyclic) bond motifs is 1. The van der Waals surface area contributed by atoms with Gasteiger partial charge in [-0.2, -0.15) is 0 Å². The summed E-state index contributed by atoms with van der Waals surface area (Å²) in [5.74, 6) is 0.735. The Morgan fingerprint density at radius 1 is 0.767 bits per heavy atom. The number of methoxy groups -OCH3 is 2. The monoisotopic (exact) mass is 582 g/mol. The number of aryl methyl sites for hydroxylation is 1. The van der Waals surface area contributed by atoms with E-state index in [4.69, 9.17) is 9.47 Å². The van der Waals surface area contributed by atoms with Gasteiger partial charge in [-0.05, 0) is 61.2 Å². The number of hydrogen-bond donors (Lipinski definition) is 0. The van der Waals surface area contributed by atoms with Gasteiger partial charge < -0.3 is 24.2 Å². The largest absolute Gasteiger partial charge is 0.493 e. The second-order valence-corrected chi connectivity index (χ2v) is 11.4. The molecule has 0 N–H and O–H groups in total. The van der Waals surface area contributed by atoms with E-state index in [-0.39, 0.29) is 30.2 Å². The lowest BCUT2D eigenvalue weighted by atomic mass is 9.93. The molecule has 0 radical (unpaired) electrons. The Morgan fingerprint density at radius 3 is 2.14 bits per heavy atom. The minimum atomic E-state index is -0.300. The van der Waals surface area contributed by atoms with E-state index < -0.39 is 0 Å². The van der Waals surface area contributed by atoms with Gasteiger partial charge in [0.1, 0.15) is 0 Å². The van der Waals surface area contributed by atoms with Crippen molar-refractivity contribution >= 4 is 29.1 Å². The number of amides is 3. The highest BCUT2D eigenvalue weighted by Crippen LogP contribution is 2.36. The molecule has 3 aliphatic heterocycles. The number of carbonyl (C=O) groups is 3. The third kappa shape index (κ3) is 5.40. The van der Waals surface area contributed by atoms with E-state index in [2.05, 4.69) is 41.0 Å². The zero-order valence-corrected chi connectivity index (χ0v) is 25.0. The van der Waals surface area contributed by atoms with E-state index in [1.165, 1.54) is 16.2 Å². The van der Waals surface area contributed by atoms with Crippen LogP contribution >= 0.6 is 0 Å². The molecule has 6 rings (SSSR count). The lowest BCUT2D eigenvalue weighted by Gasteiger charge is -2.40.